The van der Waals surface area contributed by atoms with Crippen LogP contribution < -0.4 is 5.32 Å². The highest BCUT2D eigenvalue weighted by atomic mass is 79.9. The zero-order valence-electron chi connectivity index (χ0n) is 21.2. The van der Waals surface area contributed by atoms with Gasteiger partial charge in [-0.1, -0.05) is 102 Å². The summed E-state index contributed by atoms with van der Waals surface area (Å²) in [5, 5.41) is 3.08. The van der Waals surface area contributed by atoms with Gasteiger partial charge in [-0.25, -0.2) is 0 Å². The van der Waals surface area contributed by atoms with E-state index in [2.05, 4.69) is 47.2 Å². The maximum atomic E-state index is 13.7. The van der Waals surface area contributed by atoms with Gasteiger partial charge in [0.15, 0.2) is 0 Å². The third-order valence-corrected chi connectivity index (χ3v) is 7.35. The van der Waals surface area contributed by atoms with Crippen molar-refractivity contribution < 1.29 is 9.59 Å². The first kappa shape index (κ1) is 28.0. The molecule has 0 heterocycles. The second-order valence-electron chi connectivity index (χ2n) is 9.47. The summed E-state index contributed by atoms with van der Waals surface area (Å²) in [4.78, 5) is 28.9. The Labute approximate surface area is 228 Å². The molecule has 0 bridgehead atoms. The van der Waals surface area contributed by atoms with Crippen LogP contribution in [0.5, 0.6) is 0 Å². The van der Waals surface area contributed by atoms with Gasteiger partial charge in [0.1, 0.15) is 6.04 Å². The summed E-state index contributed by atoms with van der Waals surface area (Å²) in [7, 11) is 0. The lowest BCUT2D eigenvalue weighted by Crippen LogP contribution is -2.51. The van der Waals surface area contributed by atoms with Gasteiger partial charge in [-0.15, -0.1) is 11.8 Å². The lowest BCUT2D eigenvalue weighted by Gasteiger charge is -2.32. The smallest absolute Gasteiger partial charge is 0.243 e. The van der Waals surface area contributed by atoms with E-state index >= 15 is 0 Å². The quantitative estimate of drug-likeness (QED) is 0.276. The molecule has 2 amide bonds. The van der Waals surface area contributed by atoms with E-state index in [-0.39, 0.29) is 11.8 Å². The van der Waals surface area contributed by atoms with Crippen molar-refractivity contribution in [1.82, 2.24) is 10.2 Å². The molecule has 0 aliphatic carbocycles. The molecular weight excluding hydrogens is 532 g/mol. The predicted octanol–water partition coefficient (Wildman–Crippen LogP) is 6.40. The number of carbonyl (C=O) groups is 2. The standard InChI is InChI=1S/C30H35BrN2O2S/c1-22(2)18-32-30(35)28(17-24-7-5-4-6-8-24)33(19-25-11-9-23(3)10-12-25)29(34)21-36-20-26-13-15-27(31)16-14-26/h4-16,22,28H,17-21H2,1-3H3,(H,32,35)/t28-/m1/s1. The third-order valence-electron chi connectivity index (χ3n) is 5.84. The van der Waals surface area contributed by atoms with E-state index in [4.69, 9.17) is 0 Å². The lowest BCUT2D eigenvalue weighted by molar-refractivity contribution is -0.139. The van der Waals surface area contributed by atoms with Crippen molar-refractivity contribution in [2.24, 2.45) is 5.92 Å². The maximum Gasteiger partial charge on any atom is 0.243 e. The fraction of sp³-hybridized carbons (Fsp3) is 0.333. The molecule has 0 aliphatic heterocycles. The Kier molecular flexibility index (Phi) is 11.1. The minimum atomic E-state index is -0.590. The molecule has 3 aromatic carbocycles. The number of aryl methyl sites for hydroxylation is 1. The average molecular weight is 568 g/mol. The SMILES string of the molecule is Cc1ccc(CN(C(=O)CSCc2ccc(Br)cc2)[C@H](Cc2ccccc2)C(=O)NCC(C)C)cc1. The number of nitrogens with one attached hydrogen (secondary N) is 1. The van der Waals surface area contributed by atoms with Crippen molar-refractivity contribution in [3.63, 3.8) is 0 Å². The molecule has 36 heavy (non-hydrogen) atoms. The van der Waals surface area contributed by atoms with Crippen LogP contribution in [0.25, 0.3) is 0 Å². The monoisotopic (exact) mass is 566 g/mol. The van der Waals surface area contributed by atoms with E-state index in [0.717, 1.165) is 32.5 Å². The van der Waals surface area contributed by atoms with Crippen LogP contribution >= 0.6 is 27.7 Å². The van der Waals surface area contributed by atoms with Gasteiger partial charge in [-0.2, -0.15) is 0 Å². The maximum absolute atomic E-state index is 13.7. The Bertz CT molecular complexity index is 1100. The average Bonchev–Trinajstić information content (AvgIpc) is 2.87. The van der Waals surface area contributed by atoms with Crippen LogP contribution in [0.4, 0.5) is 0 Å². The van der Waals surface area contributed by atoms with Crippen LogP contribution in [-0.4, -0.2) is 35.1 Å². The van der Waals surface area contributed by atoms with Gasteiger partial charge in [0, 0.05) is 29.7 Å². The van der Waals surface area contributed by atoms with Crippen LogP contribution in [0.15, 0.2) is 83.3 Å². The molecule has 0 saturated carbocycles. The number of hydrogen-bond acceptors (Lipinski definition) is 3. The molecule has 190 valence electrons. The van der Waals surface area contributed by atoms with Crippen molar-refractivity contribution in [2.45, 2.75) is 45.5 Å². The second kappa shape index (κ2) is 14.2. The van der Waals surface area contributed by atoms with Crippen LogP contribution in [0, 0.1) is 12.8 Å². The first-order valence-electron chi connectivity index (χ1n) is 12.3. The number of nitrogens with zero attached hydrogens (tertiary/aromatic N) is 1. The van der Waals surface area contributed by atoms with E-state index < -0.39 is 6.04 Å². The largest absolute Gasteiger partial charge is 0.354 e. The number of amides is 2. The van der Waals surface area contributed by atoms with Crippen molar-refractivity contribution in [3.05, 3.63) is 106 Å². The highest BCUT2D eigenvalue weighted by Gasteiger charge is 2.30. The fourth-order valence-corrected chi connectivity index (χ4v) is 4.92. The Balaban J connectivity index is 1.82. The van der Waals surface area contributed by atoms with Gasteiger partial charge in [-0.3, -0.25) is 9.59 Å². The van der Waals surface area contributed by atoms with Crippen molar-refractivity contribution in [2.75, 3.05) is 12.3 Å². The molecule has 1 N–H and O–H groups in total. The Morgan fingerprint density at radius 2 is 1.53 bits per heavy atom. The molecular formula is C30H35BrN2O2S. The summed E-state index contributed by atoms with van der Waals surface area (Å²) in [5.74, 6) is 1.24. The summed E-state index contributed by atoms with van der Waals surface area (Å²) in [6, 6.07) is 25.7. The number of halogens is 1. The lowest BCUT2D eigenvalue weighted by atomic mass is 10.0. The summed E-state index contributed by atoms with van der Waals surface area (Å²) < 4.78 is 1.03. The number of thioether (sulfide) groups is 1. The van der Waals surface area contributed by atoms with Gasteiger partial charge in [0.25, 0.3) is 0 Å². The second-order valence-corrected chi connectivity index (χ2v) is 11.4. The topological polar surface area (TPSA) is 49.4 Å². The van der Waals surface area contributed by atoms with Gasteiger partial charge in [0.2, 0.25) is 11.8 Å². The van der Waals surface area contributed by atoms with Gasteiger partial charge >= 0.3 is 0 Å². The molecule has 1 atom stereocenters. The molecule has 4 nitrogen and oxygen atoms in total. The Morgan fingerprint density at radius 3 is 2.17 bits per heavy atom. The van der Waals surface area contributed by atoms with E-state index in [9.17, 15) is 9.59 Å². The molecule has 3 aromatic rings. The Hall–Kier alpha value is -2.57. The molecule has 0 radical (unpaired) electrons. The minimum Gasteiger partial charge on any atom is -0.354 e. The van der Waals surface area contributed by atoms with Gasteiger partial charge < -0.3 is 10.2 Å². The first-order valence-corrected chi connectivity index (χ1v) is 14.3. The fourth-order valence-electron chi connectivity index (χ4n) is 3.79. The number of rotatable bonds is 12. The molecule has 0 aliphatic rings. The molecule has 3 rings (SSSR count). The minimum absolute atomic E-state index is 0.0293. The normalized spacial score (nSPS) is 11.8. The van der Waals surface area contributed by atoms with E-state index in [1.165, 1.54) is 0 Å². The molecule has 0 fully saturated rings. The molecule has 6 heteroatoms. The first-order chi connectivity index (χ1) is 17.3. The highest BCUT2D eigenvalue weighted by Crippen LogP contribution is 2.20. The number of benzene rings is 3. The Morgan fingerprint density at radius 1 is 0.889 bits per heavy atom. The van der Waals surface area contributed by atoms with Gasteiger partial charge in [0.05, 0.1) is 5.75 Å². The summed E-state index contributed by atoms with van der Waals surface area (Å²) in [5.41, 5.74) is 4.38. The number of hydrogen-bond donors (Lipinski definition) is 1. The van der Waals surface area contributed by atoms with Crippen LogP contribution in [-0.2, 0) is 28.3 Å². The summed E-state index contributed by atoms with van der Waals surface area (Å²) in [6.07, 6.45) is 0.472. The number of carbonyl (C=O) groups excluding carboxylic acids is 2. The summed E-state index contributed by atoms with van der Waals surface area (Å²) in [6.45, 7) is 7.16. The van der Waals surface area contributed by atoms with Crippen LogP contribution in [0.2, 0.25) is 0 Å². The van der Waals surface area contributed by atoms with E-state index in [1.807, 2.05) is 73.7 Å². The van der Waals surface area contributed by atoms with E-state index in [1.54, 1.807) is 16.7 Å². The molecule has 0 unspecified atom stereocenters. The van der Waals surface area contributed by atoms with E-state index in [0.29, 0.717) is 31.2 Å². The molecule has 0 spiro atoms. The van der Waals surface area contributed by atoms with Gasteiger partial charge in [-0.05, 0) is 41.7 Å². The zero-order valence-corrected chi connectivity index (χ0v) is 23.6. The summed E-state index contributed by atoms with van der Waals surface area (Å²) >= 11 is 5.04. The van der Waals surface area contributed by atoms with Crippen molar-refractivity contribution in [1.29, 1.82) is 0 Å². The van der Waals surface area contributed by atoms with Crippen LogP contribution in [0.1, 0.15) is 36.1 Å². The molecule has 0 aromatic heterocycles. The zero-order chi connectivity index (χ0) is 25.9. The third kappa shape index (κ3) is 9.14. The highest BCUT2D eigenvalue weighted by molar-refractivity contribution is 9.10. The predicted molar refractivity (Wildman–Crippen MR) is 154 cm³/mol. The van der Waals surface area contributed by atoms with Crippen LogP contribution in [0.3, 0.4) is 0 Å². The molecule has 0 saturated heterocycles. The van der Waals surface area contributed by atoms with Crippen molar-refractivity contribution in [3.8, 4) is 0 Å². The van der Waals surface area contributed by atoms with Crippen molar-refractivity contribution >= 4 is 39.5 Å².